The zero-order valence-corrected chi connectivity index (χ0v) is 10.9. The molecule has 0 spiro atoms. The maximum atomic E-state index is 9.94. The van der Waals surface area contributed by atoms with Gasteiger partial charge in [0.1, 0.15) is 5.75 Å². The predicted octanol–water partition coefficient (Wildman–Crippen LogP) is 4.09. The van der Waals surface area contributed by atoms with E-state index in [4.69, 9.17) is 0 Å². The Morgan fingerprint density at radius 2 is 2.00 bits per heavy atom. The monoisotopic (exact) mass is 241 g/mol. The molecule has 0 atom stereocenters. The summed E-state index contributed by atoms with van der Waals surface area (Å²) in [6.45, 7) is 7.96. The number of phenolic OH excluding ortho intramolecular Hbond substituents is 1. The standard InChI is InChI=1S/C16H19NO/c1-4-5-14-15-10-13(17-11(2)3)8-6-12(15)7-9-16(14)18/h4,6-11,17-18H,1,5H2,2-3H3. The van der Waals surface area contributed by atoms with E-state index < -0.39 is 0 Å². The number of nitrogens with one attached hydrogen (secondary N) is 1. The fourth-order valence-corrected chi connectivity index (χ4v) is 2.15. The Morgan fingerprint density at radius 3 is 2.67 bits per heavy atom. The SMILES string of the molecule is C=CCc1c(O)ccc2ccc(NC(C)C)cc12. The molecule has 0 radical (unpaired) electrons. The molecule has 2 aromatic carbocycles. The van der Waals surface area contributed by atoms with Crippen LogP contribution in [0.5, 0.6) is 5.75 Å². The van der Waals surface area contributed by atoms with Gasteiger partial charge in [0.15, 0.2) is 0 Å². The van der Waals surface area contributed by atoms with Gasteiger partial charge >= 0.3 is 0 Å². The maximum Gasteiger partial charge on any atom is 0.119 e. The first kappa shape index (κ1) is 12.5. The van der Waals surface area contributed by atoms with Gasteiger partial charge < -0.3 is 10.4 Å². The molecule has 0 fully saturated rings. The number of benzene rings is 2. The first-order valence-corrected chi connectivity index (χ1v) is 6.24. The Kier molecular flexibility index (Phi) is 3.56. The highest BCUT2D eigenvalue weighted by Gasteiger charge is 2.06. The number of aromatic hydroxyl groups is 1. The van der Waals surface area contributed by atoms with Crippen molar-refractivity contribution in [3.63, 3.8) is 0 Å². The van der Waals surface area contributed by atoms with Crippen molar-refractivity contribution >= 4 is 16.5 Å². The van der Waals surface area contributed by atoms with E-state index in [-0.39, 0.29) is 0 Å². The Hall–Kier alpha value is -1.96. The minimum Gasteiger partial charge on any atom is -0.508 e. The highest BCUT2D eigenvalue weighted by atomic mass is 16.3. The van der Waals surface area contributed by atoms with Crippen molar-refractivity contribution in [1.82, 2.24) is 0 Å². The van der Waals surface area contributed by atoms with Crippen LogP contribution in [0.3, 0.4) is 0 Å². The summed E-state index contributed by atoms with van der Waals surface area (Å²) >= 11 is 0. The Balaban J connectivity index is 2.57. The topological polar surface area (TPSA) is 32.3 Å². The molecule has 2 aromatic rings. The molecule has 0 aliphatic rings. The van der Waals surface area contributed by atoms with Crippen LogP contribution in [0.4, 0.5) is 5.69 Å². The second-order valence-electron chi connectivity index (χ2n) is 4.79. The first-order chi connectivity index (χ1) is 8.61. The number of allylic oxidation sites excluding steroid dienone is 1. The van der Waals surface area contributed by atoms with Crippen LogP contribution in [0.2, 0.25) is 0 Å². The zero-order chi connectivity index (χ0) is 13.1. The van der Waals surface area contributed by atoms with Gasteiger partial charge in [-0.05, 0) is 49.2 Å². The van der Waals surface area contributed by atoms with Crippen LogP contribution in [-0.4, -0.2) is 11.1 Å². The normalized spacial score (nSPS) is 10.8. The van der Waals surface area contributed by atoms with Gasteiger partial charge in [0.2, 0.25) is 0 Å². The van der Waals surface area contributed by atoms with Gasteiger partial charge in [-0.1, -0.05) is 18.2 Å². The largest absolute Gasteiger partial charge is 0.508 e. The molecule has 2 heteroatoms. The maximum absolute atomic E-state index is 9.94. The number of anilines is 1. The van der Waals surface area contributed by atoms with Gasteiger partial charge in [-0.25, -0.2) is 0 Å². The molecule has 0 heterocycles. The number of hydrogen-bond donors (Lipinski definition) is 2. The van der Waals surface area contributed by atoms with Crippen LogP contribution in [-0.2, 0) is 6.42 Å². The summed E-state index contributed by atoms with van der Waals surface area (Å²) < 4.78 is 0. The van der Waals surface area contributed by atoms with Crippen molar-refractivity contribution in [2.45, 2.75) is 26.3 Å². The molecule has 0 saturated heterocycles. The molecule has 0 unspecified atom stereocenters. The third-order valence-corrected chi connectivity index (χ3v) is 2.91. The van der Waals surface area contributed by atoms with E-state index in [9.17, 15) is 5.11 Å². The highest BCUT2D eigenvalue weighted by molar-refractivity contribution is 5.90. The quantitative estimate of drug-likeness (QED) is 0.790. The second kappa shape index (κ2) is 5.13. The average Bonchev–Trinajstić information content (AvgIpc) is 2.32. The second-order valence-corrected chi connectivity index (χ2v) is 4.79. The molecule has 94 valence electrons. The molecule has 2 rings (SSSR count). The fraction of sp³-hybridized carbons (Fsp3) is 0.250. The van der Waals surface area contributed by atoms with E-state index in [2.05, 4.69) is 43.9 Å². The van der Waals surface area contributed by atoms with E-state index in [0.29, 0.717) is 18.2 Å². The van der Waals surface area contributed by atoms with Gasteiger partial charge in [0, 0.05) is 17.3 Å². The Morgan fingerprint density at radius 1 is 1.28 bits per heavy atom. The Bertz CT molecular complexity index is 573. The van der Waals surface area contributed by atoms with Gasteiger partial charge in [-0.3, -0.25) is 0 Å². The van der Waals surface area contributed by atoms with Crippen LogP contribution in [0, 0.1) is 0 Å². The number of hydrogen-bond acceptors (Lipinski definition) is 2. The molecule has 0 bridgehead atoms. The van der Waals surface area contributed by atoms with Crippen molar-refractivity contribution in [1.29, 1.82) is 0 Å². The fourth-order valence-electron chi connectivity index (χ4n) is 2.15. The molecule has 2 nitrogen and oxygen atoms in total. The van der Waals surface area contributed by atoms with Crippen LogP contribution < -0.4 is 5.32 Å². The third kappa shape index (κ3) is 2.48. The van der Waals surface area contributed by atoms with Crippen molar-refractivity contribution in [2.24, 2.45) is 0 Å². The average molecular weight is 241 g/mol. The predicted molar refractivity (Wildman–Crippen MR) is 78.3 cm³/mol. The van der Waals surface area contributed by atoms with Crippen molar-refractivity contribution in [2.75, 3.05) is 5.32 Å². The van der Waals surface area contributed by atoms with E-state index in [1.165, 1.54) is 0 Å². The van der Waals surface area contributed by atoms with Gasteiger partial charge in [0.05, 0.1) is 0 Å². The molecule has 18 heavy (non-hydrogen) atoms. The molecular formula is C16H19NO. The van der Waals surface area contributed by atoms with Crippen LogP contribution in [0.25, 0.3) is 10.8 Å². The van der Waals surface area contributed by atoms with Crippen LogP contribution in [0.1, 0.15) is 19.4 Å². The van der Waals surface area contributed by atoms with Crippen molar-refractivity contribution < 1.29 is 5.11 Å². The summed E-state index contributed by atoms with van der Waals surface area (Å²) in [4.78, 5) is 0. The number of rotatable bonds is 4. The lowest BCUT2D eigenvalue weighted by atomic mass is 10.0. The summed E-state index contributed by atoms with van der Waals surface area (Å²) in [5.41, 5.74) is 2.02. The van der Waals surface area contributed by atoms with Gasteiger partial charge in [0.25, 0.3) is 0 Å². The molecule has 0 aromatic heterocycles. The molecule has 0 amide bonds. The van der Waals surface area contributed by atoms with Crippen LogP contribution in [0.15, 0.2) is 43.0 Å². The first-order valence-electron chi connectivity index (χ1n) is 6.24. The summed E-state index contributed by atoms with van der Waals surface area (Å²) in [5, 5.41) is 15.5. The smallest absolute Gasteiger partial charge is 0.119 e. The summed E-state index contributed by atoms with van der Waals surface area (Å²) in [6, 6.07) is 10.3. The van der Waals surface area contributed by atoms with E-state index in [1.54, 1.807) is 6.07 Å². The number of fused-ring (bicyclic) bond motifs is 1. The molecule has 0 aliphatic heterocycles. The zero-order valence-electron chi connectivity index (χ0n) is 10.9. The minimum atomic E-state index is 0.337. The summed E-state index contributed by atoms with van der Waals surface area (Å²) in [7, 11) is 0. The lowest BCUT2D eigenvalue weighted by Crippen LogP contribution is -2.09. The Labute approximate surface area is 108 Å². The lowest BCUT2D eigenvalue weighted by Gasteiger charge is -2.13. The van der Waals surface area contributed by atoms with E-state index >= 15 is 0 Å². The molecule has 0 saturated carbocycles. The van der Waals surface area contributed by atoms with Gasteiger partial charge in [-0.15, -0.1) is 6.58 Å². The highest BCUT2D eigenvalue weighted by Crippen LogP contribution is 2.30. The van der Waals surface area contributed by atoms with Gasteiger partial charge in [-0.2, -0.15) is 0 Å². The van der Waals surface area contributed by atoms with Crippen molar-refractivity contribution in [3.8, 4) is 5.75 Å². The van der Waals surface area contributed by atoms with E-state index in [1.807, 2.05) is 12.1 Å². The molecular weight excluding hydrogens is 222 g/mol. The van der Waals surface area contributed by atoms with Crippen molar-refractivity contribution in [3.05, 3.63) is 48.6 Å². The molecule has 0 aliphatic carbocycles. The lowest BCUT2D eigenvalue weighted by molar-refractivity contribution is 0.471. The summed E-state index contributed by atoms with van der Waals surface area (Å²) in [6.07, 6.45) is 2.49. The van der Waals surface area contributed by atoms with E-state index in [0.717, 1.165) is 22.0 Å². The minimum absolute atomic E-state index is 0.337. The molecule has 2 N–H and O–H groups in total. The van der Waals surface area contributed by atoms with Crippen LogP contribution >= 0.6 is 0 Å². The summed E-state index contributed by atoms with van der Waals surface area (Å²) in [5.74, 6) is 0.337. The third-order valence-electron chi connectivity index (χ3n) is 2.91. The number of phenols is 1.